The number of carbonyl (C=O) groups is 3. The van der Waals surface area contributed by atoms with E-state index in [1.807, 2.05) is 6.92 Å². The van der Waals surface area contributed by atoms with Crippen LogP contribution in [0.15, 0.2) is 0 Å². The summed E-state index contributed by atoms with van der Waals surface area (Å²) in [6.45, 7) is 1.82. The molecule has 0 aromatic carbocycles. The summed E-state index contributed by atoms with van der Waals surface area (Å²) in [4.78, 5) is 35.3. The molecule has 0 aromatic rings. The first-order valence-corrected chi connectivity index (χ1v) is 10.9. The normalized spacial score (nSPS) is 22.5. The molecule has 0 amide bonds. The summed E-state index contributed by atoms with van der Waals surface area (Å²) in [5.74, 6) is -4.67. The number of esters is 1. The predicted octanol–water partition coefficient (Wildman–Crippen LogP) is 5.18. The molecule has 0 heterocycles. The second-order valence-electron chi connectivity index (χ2n) is 7.81. The minimum absolute atomic E-state index is 0.114. The fourth-order valence-corrected chi connectivity index (χ4v) is 4.43. The van der Waals surface area contributed by atoms with Crippen molar-refractivity contribution < 1.29 is 27.9 Å². The first-order valence-electron chi connectivity index (χ1n) is 10.4. The number of Topliss-reactive ketones (excluding diaryl/α,β-unsaturated/α-hetero) is 2. The van der Waals surface area contributed by atoms with Crippen LogP contribution in [-0.4, -0.2) is 35.8 Å². The first-order chi connectivity index (χ1) is 13.2. The predicted molar refractivity (Wildman–Crippen MR) is 108 cm³/mol. The number of rotatable bonds is 14. The molecule has 1 aliphatic rings. The molecular formula is C21H34F2O4S. The van der Waals surface area contributed by atoms with Crippen LogP contribution < -0.4 is 0 Å². The number of ether oxygens (including phenoxy) is 1. The summed E-state index contributed by atoms with van der Waals surface area (Å²) < 4.78 is 32.4. The van der Waals surface area contributed by atoms with Crippen LogP contribution in [0.2, 0.25) is 0 Å². The molecule has 0 N–H and O–H groups in total. The van der Waals surface area contributed by atoms with Crippen LogP contribution in [0.25, 0.3) is 0 Å². The molecule has 0 aromatic heterocycles. The van der Waals surface area contributed by atoms with Crippen molar-refractivity contribution in [3.05, 3.63) is 0 Å². The van der Waals surface area contributed by atoms with E-state index in [9.17, 15) is 23.2 Å². The highest BCUT2D eigenvalue weighted by molar-refractivity contribution is 7.81. The number of halogens is 2. The van der Waals surface area contributed by atoms with Gasteiger partial charge in [0.2, 0.25) is 5.78 Å². The van der Waals surface area contributed by atoms with Gasteiger partial charge in [-0.25, -0.2) is 0 Å². The summed E-state index contributed by atoms with van der Waals surface area (Å²) in [7, 11) is 1.37. The number of hydrogen-bond acceptors (Lipinski definition) is 5. The SMILES string of the molecule is CCCCC(F)(F)C(=O)CCC1C(S)CC(=O)C1CCCCCCC(=O)OC. The van der Waals surface area contributed by atoms with Gasteiger partial charge in [-0.3, -0.25) is 14.4 Å². The van der Waals surface area contributed by atoms with Gasteiger partial charge in [0.25, 0.3) is 0 Å². The van der Waals surface area contributed by atoms with Gasteiger partial charge in [-0.15, -0.1) is 0 Å². The molecular weight excluding hydrogens is 386 g/mol. The Morgan fingerprint density at radius 1 is 1.11 bits per heavy atom. The zero-order valence-electron chi connectivity index (χ0n) is 17.1. The summed E-state index contributed by atoms with van der Waals surface area (Å²) in [6.07, 6.45) is 5.48. The van der Waals surface area contributed by atoms with Gasteiger partial charge in [-0.05, 0) is 31.6 Å². The number of unbranched alkanes of at least 4 members (excludes halogenated alkanes) is 4. The Labute approximate surface area is 172 Å². The lowest BCUT2D eigenvalue weighted by molar-refractivity contribution is -0.144. The summed E-state index contributed by atoms with van der Waals surface area (Å²) >= 11 is 4.48. The van der Waals surface area contributed by atoms with Crippen molar-refractivity contribution in [2.24, 2.45) is 11.8 Å². The van der Waals surface area contributed by atoms with E-state index in [1.54, 1.807) is 0 Å². The van der Waals surface area contributed by atoms with E-state index in [0.29, 0.717) is 38.5 Å². The number of hydrogen-bond donors (Lipinski definition) is 1. The van der Waals surface area contributed by atoms with Crippen LogP contribution in [0.5, 0.6) is 0 Å². The molecule has 1 saturated carbocycles. The molecule has 3 atom stereocenters. The molecule has 1 aliphatic carbocycles. The second-order valence-corrected chi connectivity index (χ2v) is 8.47. The van der Waals surface area contributed by atoms with Gasteiger partial charge in [0.1, 0.15) is 5.78 Å². The lowest BCUT2D eigenvalue weighted by Gasteiger charge is -2.22. The van der Waals surface area contributed by atoms with Crippen LogP contribution in [0.1, 0.15) is 84.0 Å². The van der Waals surface area contributed by atoms with Crippen molar-refractivity contribution in [1.29, 1.82) is 0 Å². The summed E-state index contributed by atoms with van der Waals surface area (Å²) in [5, 5.41) is -0.158. The van der Waals surface area contributed by atoms with Gasteiger partial charge in [-0.2, -0.15) is 21.4 Å². The first kappa shape index (κ1) is 25.1. The van der Waals surface area contributed by atoms with Crippen LogP contribution in [0.3, 0.4) is 0 Å². The number of alkyl halides is 2. The van der Waals surface area contributed by atoms with Gasteiger partial charge >= 0.3 is 11.9 Å². The molecule has 28 heavy (non-hydrogen) atoms. The molecule has 162 valence electrons. The Bertz CT molecular complexity index is 525. The standard InChI is InChI=1S/C21H34F2O4S/c1-3-4-13-21(22,23)19(25)12-11-16-15(17(24)14-18(16)28)9-7-5-6-8-10-20(26)27-2/h15-16,18,28H,3-14H2,1-2H3. The third-order valence-corrected chi connectivity index (χ3v) is 6.23. The average molecular weight is 421 g/mol. The molecule has 0 bridgehead atoms. The smallest absolute Gasteiger partial charge is 0.305 e. The maximum Gasteiger partial charge on any atom is 0.305 e. The minimum Gasteiger partial charge on any atom is -0.469 e. The maximum atomic E-state index is 13.9. The molecule has 4 nitrogen and oxygen atoms in total. The lowest BCUT2D eigenvalue weighted by atomic mass is 9.85. The molecule has 1 rings (SSSR count). The maximum absolute atomic E-state index is 13.9. The molecule has 0 spiro atoms. The van der Waals surface area contributed by atoms with Crippen LogP contribution >= 0.6 is 12.6 Å². The summed E-state index contributed by atoms with van der Waals surface area (Å²) in [5.41, 5.74) is 0. The van der Waals surface area contributed by atoms with Crippen LogP contribution in [0.4, 0.5) is 8.78 Å². The number of ketones is 2. The van der Waals surface area contributed by atoms with Crippen LogP contribution in [-0.2, 0) is 19.1 Å². The highest BCUT2D eigenvalue weighted by atomic mass is 32.1. The third-order valence-electron chi connectivity index (χ3n) is 5.67. The average Bonchev–Trinajstić information content (AvgIpc) is 2.93. The Morgan fingerprint density at radius 2 is 1.79 bits per heavy atom. The van der Waals surface area contributed by atoms with Crippen molar-refractivity contribution in [3.8, 4) is 0 Å². The van der Waals surface area contributed by atoms with E-state index in [-0.39, 0.29) is 35.3 Å². The van der Waals surface area contributed by atoms with Crippen molar-refractivity contribution >= 4 is 30.2 Å². The Hall–Kier alpha value is -0.980. The fourth-order valence-electron chi connectivity index (χ4n) is 3.89. The van der Waals surface area contributed by atoms with E-state index in [1.165, 1.54) is 7.11 Å². The molecule has 0 radical (unpaired) electrons. The van der Waals surface area contributed by atoms with E-state index in [4.69, 9.17) is 0 Å². The summed E-state index contributed by atoms with van der Waals surface area (Å²) in [6, 6.07) is 0. The molecule has 3 unspecified atom stereocenters. The van der Waals surface area contributed by atoms with Crippen molar-refractivity contribution in [2.45, 2.75) is 95.1 Å². The fraction of sp³-hybridized carbons (Fsp3) is 0.857. The highest BCUT2D eigenvalue weighted by Crippen LogP contribution is 2.39. The minimum atomic E-state index is -3.26. The van der Waals surface area contributed by atoms with Crippen molar-refractivity contribution in [2.75, 3.05) is 7.11 Å². The number of thiol groups is 1. The molecule has 0 aliphatic heterocycles. The van der Waals surface area contributed by atoms with E-state index >= 15 is 0 Å². The van der Waals surface area contributed by atoms with Gasteiger partial charge < -0.3 is 4.74 Å². The van der Waals surface area contributed by atoms with Crippen LogP contribution in [0, 0.1) is 11.8 Å². The lowest BCUT2D eigenvalue weighted by Crippen LogP contribution is -2.30. The zero-order valence-corrected chi connectivity index (χ0v) is 17.9. The largest absolute Gasteiger partial charge is 0.469 e. The molecule has 1 fully saturated rings. The molecule has 7 heteroatoms. The van der Waals surface area contributed by atoms with Crippen molar-refractivity contribution in [1.82, 2.24) is 0 Å². The van der Waals surface area contributed by atoms with Crippen molar-refractivity contribution in [3.63, 3.8) is 0 Å². The number of methoxy groups -OCH3 is 1. The Kier molecular flexibility index (Phi) is 11.2. The molecule has 0 saturated heterocycles. The quantitative estimate of drug-likeness (QED) is 0.239. The second kappa shape index (κ2) is 12.6. The van der Waals surface area contributed by atoms with Gasteiger partial charge in [-0.1, -0.05) is 32.6 Å². The highest BCUT2D eigenvalue weighted by Gasteiger charge is 2.42. The monoisotopic (exact) mass is 420 g/mol. The van der Waals surface area contributed by atoms with E-state index in [0.717, 1.165) is 25.7 Å². The van der Waals surface area contributed by atoms with E-state index in [2.05, 4.69) is 17.4 Å². The zero-order chi connectivity index (χ0) is 21.2. The Balaban J connectivity index is 2.43. The van der Waals surface area contributed by atoms with Gasteiger partial charge in [0.05, 0.1) is 7.11 Å². The Morgan fingerprint density at radius 3 is 2.43 bits per heavy atom. The van der Waals surface area contributed by atoms with Gasteiger partial charge in [0, 0.05) is 36.9 Å². The third kappa shape index (κ3) is 8.18. The van der Waals surface area contributed by atoms with Gasteiger partial charge in [0.15, 0.2) is 0 Å². The van der Waals surface area contributed by atoms with E-state index < -0.39 is 18.1 Å². The number of carbonyl (C=O) groups excluding carboxylic acids is 3. The topological polar surface area (TPSA) is 60.4 Å².